The van der Waals surface area contributed by atoms with Gasteiger partial charge in [-0.1, -0.05) is 84.9 Å². The van der Waals surface area contributed by atoms with Crippen molar-refractivity contribution in [3.8, 4) is 51.0 Å². The van der Waals surface area contributed by atoms with Crippen LogP contribution in [0.2, 0.25) is 0 Å². The number of aromatic nitrogens is 5. The maximum Gasteiger partial charge on any atom is 0.160 e. The second kappa shape index (κ2) is 10.5. The number of nitrogens with zero attached hydrogens (tertiary/aromatic N) is 5. The van der Waals surface area contributed by atoms with Crippen molar-refractivity contribution in [1.29, 1.82) is 0 Å². The van der Waals surface area contributed by atoms with Gasteiger partial charge < -0.3 is 4.57 Å². The number of pyridine rings is 2. The first-order valence-corrected chi connectivity index (χ1v) is 14.2. The summed E-state index contributed by atoms with van der Waals surface area (Å²) in [5.74, 6) is 0.636. The first-order valence-electron chi connectivity index (χ1n) is 14.2. The van der Waals surface area contributed by atoms with Crippen LogP contribution in [0.15, 0.2) is 152 Å². The molecule has 43 heavy (non-hydrogen) atoms. The summed E-state index contributed by atoms with van der Waals surface area (Å²) in [6.07, 6.45) is 3.55. The highest BCUT2D eigenvalue weighted by Crippen LogP contribution is 2.33. The molecule has 0 saturated heterocycles. The highest BCUT2D eigenvalue weighted by Gasteiger charge is 2.13. The van der Waals surface area contributed by atoms with Crippen molar-refractivity contribution < 1.29 is 0 Å². The predicted octanol–water partition coefficient (Wildman–Crippen LogP) is 9.03. The highest BCUT2D eigenvalue weighted by molar-refractivity contribution is 6.09. The second-order valence-electron chi connectivity index (χ2n) is 10.4. The summed E-state index contributed by atoms with van der Waals surface area (Å²) in [6, 6.07) is 47.9. The van der Waals surface area contributed by atoms with Crippen LogP contribution in [-0.2, 0) is 0 Å². The Hall–Kier alpha value is -5.94. The summed E-state index contributed by atoms with van der Waals surface area (Å²) in [7, 11) is 0. The Labute approximate surface area is 248 Å². The molecule has 0 amide bonds. The van der Waals surface area contributed by atoms with Gasteiger partial charge >= 0.3 is 0 Å². The van der Waals surface area contributed by atoms with Crippen LogP contribution in [0.4, 0.5) is 0 Å². The summed E-state index contributed by atoms with van der Waals surface area (Å²) in [6.45, 7) is 0. The smallest absolute Gasteiger partial charge is 0.160 e. The molecule has 0 fully saturated rings. The maximum absolute atomic E-state index is 4.89. The number of rotatable bonds is 5. The molecule has 8 rings (SSSR count). The molecule has 0 radical (unpaired) electrons. The van der Waals surface area contributed by atoms with Crippen molar-refractivity contribution in [1.82, 2.24) is 24.5 Å². The maximum atomic E-state index is 4.89. The van der Waals surface area contributed by atoms with Crippen molar-refractivity contribution in [2.24, 2.45) is 0 Å². The van der Waals surface area contributed by atoms with Crippen molar-refractivity contribution >= 4 is 21.8 Å². The van der Waals surface area contributed by atoms with E-state index in [0.29, 0.717) is 5.82 Å². The molecule has 8 aromatic rings. The van der Waals surface area contributed by atoms with Crippen molar-refractivity contribution in [3.63, 3.8) is 0 Å². The second-order valence-corrected chi connectivity index (χ2v) is 10.4. The van der Waals surface area contributed by atoms with Gasteiger partial charge in [0.05, 0.1) is 33.8 Å². The molecule has 0 aliphatic rings. The van der Waals surface area contributed by atoms with E-state index in [-0.39, 0.29) is 0 Å². The van der Waals surface area contributed by atoms with E-state index in [1.807, 2.05) is 42.5 Å². The molecular weight excluding hydrogens is 526 g/mol. The average Bonchev–Trinajstić information content (AvgIpc) is 3.43. The largest absolute Gasteiger partial charge is 0.309 e. The minimum Gasteiger partial charge on any atom is -0.309 e. The molecule has 0 aliphatic heterocycles. The lowest BCUT2D eigenvalue weighted by molar-refractivity contribution is 1.15. The summed E-state index contributed by atoms with van der Waals surface area (Å²) >= 11 is 0. The zero-order chi connectivity index (χ0) is 28.6. The predicted molar refractivity (Wildman–Crippen MR) is 174 cm³/mol. The number of para-hydroxylation sites is 2. The Balaban J connectivity index is 1.15. The molecule has 0 unspecified atom stereocenters. The molecule has 0 bridgehead atoms. The summed E-state index contributed by atoms with van der Waals surface area (Å²) < 4.78 is 2.34. The molecule has 5 nitrogen and oxygen atoms in total. The quantitative estimate of drug-likeness (QED) is 0.214. The summed E-state index contributed by atoms with van der Waals surface area (Å²) in [4.78, 5) is 18.8. The first kappa shape index (κ1) is 24.8. The van der Waals surface area contributed by atoms with Crippen LogP contribution in [-0.4, -0.2) is 24.5 Å². The lowest BCUT2D eigenvalue weighted by atomic mass is 10.0. The van der Waals surface area contributed by atoms with Crippen LogP contribution in [0.25, 0.3) is 72.8 Å². The van der Waals surface area contributed by atoms with Crippen LogP contribution >= 0.6 is 0 Å². The fourth-order valence-electron chi connectivity index (χ4n) is 5.68. The topological polar surface area (TPSA) is 56.5 Å². The van der Waals surface area contributed by atoms with Gasteiger partial charge in [0.2, 0.25) is 0 Å². The standard InChI is InChI=1S/C38H25N5/c1-3-13-36-30(9-1)31-10-2-4-14-37(31)43(36)29-21-19-27(20-22-29)26-15-17-28(18-16-26)38-41-34(32-11-5-7-23-39-32)25-35(42-38)33-12-6-8-24-40-33/h1-25H. The molecule has 0 aliphatic carbocycles. The van der Waals surface area contributed by atoms with E-state index in [9.17, 15) is 0 Å². The lowest BCUT2D eigenvalue weighted by Crippen LogP contribution is -1.97. The molecular formula is C38H25N5. The van der Waals surface area contributed by atoms with Crippen molar-refractivity contribution in [2.75, 3.05) is 0 Å². The molecule has 202 valence electrons. The third-order valence-electron chi connectivity index (χ3n) is 7.76. The molecule has 0 saturated carbocycles. The monoisotopic (exact) mass is 551 g/mol. The fraction of sp³-hybridized carbons (Fsp3) is 0. The Morgan fingerprint density at radius 1 is 0.395 bits per heavy atom. The third kappa shape index (κ3) is 4.53. The molecule has 0 N–H and O–H groups in total. The van der Waals surface area contributed by atoms with Gasteiger partial charge in [0.25, 0.3) is 0 Å². The van der Waals surface area contributed by atoms with E-state index in [4.69, 9.17) is 9.97 Å². The van der Waals surface area contributed by atoms with Gasteiger partial charge in [-0.25, -0.2) is 9.97 Å². The number of hydrogen-bond donors (Lipinski definition) is 0. The van der Waals surface area contributed by atoms with E-state index >= 15 is 0 Å². The molecule has 5 heteroatoms. The zero-order valence-electron chi connectivity index (χ0n) is 23.2. The molecule has 4 aromatic carbocycles. The van der Waals surface area contributed by atoms with Crippen molar-refractivity contribution in [3.05, 3.63) is 152 Å². The highest BCUT2D eigenvalue weighted by atomic mass is 15.0. The van der Waals surface area contributed by atoms with Gasteiger partial charge in [-0.15, -0.1) is 0 Å². The molecule has 4 heterocycles. The van der Waals surface area contributed by atoms with E-state index in [1.54, 1.807) is 12.4 Å². The minimum absolute atomic E-state index is 0.636. The van der Waals surface area contributed by atoms with Crippen LogP contribution < -0.4 is 0 Å². The van der Waals surface area contributed by atoms with Crippen LogP contribution in [0.3, 0.4) is 0 Å². The Kier molecular flexibility index (Phi) is 6.05. The number of benzene rings is 4. The van der Waals surface area contributed by atoms with Crippen molar-refractivity contribution in [2.45, 2.75) is 0 Å². The van der Waals surface area contributed by atoms with Gasteiger partial charge in [-0.2, -0.15) is 0 Å². The van der Waals surface area contributed by atoms with Crippen LogP contribution in [0, 0.1) is 0 Å². The minimum atomic E-state index is 0.636. The summed E-state index contributed by atoms with van der Waals surface area (Å²) in [5, 5.41) is 2.52. The normalized spacial score (nSPS) is 11.3. The van der Waals surface area contributed by atoms with Crippen LogP contribution in [0.5, 0.6) is 0 Å². The van der Waals surface area contributed by atoms with Gasteiger partial charge in [-0.3, -0.25) is 9.97 Å². The van der Waals surface area contributed by atoms with E-state index in [2.05, 4.69) is 112 Å². The average molecular weight is 552 g/mol. The molecule has 0 atom stereocenters. The summed E-state index contributed by atoms with van der Waals surface area (Å²) in [5.41, 5.74) is 9.87. The lowest BCUT2D eigenvalue weighted by Gasteiger charge is -2.10. The van der Waals surface area contributed by atoms with Gasteiger partial charge in [0.1, 0.15) is 0 Å². The third-order valence-corrected chi connectivity index (χ3v) is 7.76. The Bertz CT molecular complexity index is 2090. The number of hydrogen-bond acceptors (Lipinski definition) is 4. The van der Waals surface area contributed by atoms with Gasteiger partial charge in [-0.05, 0) is 65.7 Å². The SMILES string of the molecule is c1ccc(-c2cc(-c3ccccn3)nc(-c3ccc(-c4ccc(-n5c6ccccc6c6ccccc65)cc4)cc3)n2)nc1. The van der Waals surface area contributed by atoms with Crippen LogP contribution in [0.1, 0.15) is 0 Å². The molecule has 0 spiro atoms. The van der Waals surface area contributed by atoms with E-state index in [0.717, 1.165) is 45.2 Å². The molecule has 4 aromatic heterocycles. The van der Waals surface area contributed by atoms with Gasteiger partial charge in [0.15, 0.2) is 5.82 Å². The van der Waals surface area contributed by atoms with E-state index in [1.165, 1.54) is 21.8 Å². The van der Waals surface area contributed by atoms with E-state index < -0.39 is 0 Å². The Morgan fingerprint density at radius 3 is 1.37 bits per heavy atom. The first-order chi connectivity index (χ1) is 21.3. The van der Waals surface area contributed by atoms with Gasteiger partial charge in [0, 0.05) is 34.4 Å². The number of fused-ring (bicyclic) bond motifs is 3. The fourth-order valence-corrected chi connectivity index (χ4v) is 5.68. The Morgan fingerprint density at radius 2 is 0.860 bits per heavy atom. The zero-order valence-corrected chi connectivity index (χ0v) is 23.2.